The predicted molar refractivity (Wildman–Crippen MR) is 79.9 cm³/mol. The van der Waals surface area contributed by atoms with Gasteiger partial charge in [-0.1, -0.05) is 24.3 Å². The van der Waals surface area contributed by atoms with Crippen molar-refractivity contribution in [3.63, 3.8) is 0 Å². The number of aromatic nitrogens is 2. The molecule has 1 aliphatic carbocycles. The van der Waals surface area contributed by atoms with Crippen LogP contribution in [0.4, 0.5) is 5.95 Å². The Labute approximate surface area is 119 Å². The van der Waals surface area contributed by atoms with Gasteiger partial charge in [0.05, 0.1) is 0 Å². The number of nitrogens with zero attached hydrogens (tertiary/aromatic N) is 3. The average molecular weight is 265 g/mol. The maximum absolute atomic E-state index is 4.70. The lowest BCUT2D eigenvalue weighted by Crippen LogP contribution is -2.41. The highest BCUT2D eigenvalue weighted by Crippen LogP contribution is 2.45. The fourth-order valence-electron chi connectivity index (χ4n) is 3.37. The third-order valence-electron chi connectivity index (χ3n) is 4.86. The van der Waals surface area contributed by atoms with Gasteiger partial charge in [-0.15, -0.1) is 0 Å². The SMILES string of the molecule is Cc1cnc(N2Cc3ccccc3C3CC2C3)nc1C. The van der Waals surface area contributed by atoms with Crippen LogP contribution in [0.2, 0.25) is 0 Å². The van der Waals surface area contributed by atoms with E-state index in [2.05, 4.69) is 48.0 Å². The minimum atomic E-state index is 0.606. The minimum absolute atomic E-state index is 0.606. The quantitative estimate of drug-likeness (QED) is 0.791. The zero-order valence-corrected chi connectivity index (χ0v) is 12.0. The van der Waals surface area contributed by atoms with E-state index in [0.717, 1.165) is 29.7 Å². The van der Waals surface area contributed by atoms with Crippen LogP contribution >= 0.6 is 0 Å². The summed E-state index contributed by atoms with van der Waals surface area (Å²) in [5.41, 5.74) is 5.23. The summed E-state index contributed by atoms with van der Waals surface area (Å²) in [6.45, 7) is 5.08. The van der Waals surface area contributed by atoms with E-state index in [1.807, 2.05) is 6.20 Å². The maximum atomic E-state index is 4.70. The summed E-state index contributed by atoms with van der Waals surface area (Å²) in [7, 11) is 0. The van der Waals surface area contributed by atoms with E-state index in [9.17, 15) is 0 Å². The zero-order valence-electron chi connectivity index (χ0n) is 12.0. The van der Waals surface area contributed by atoms with Gasteiger partial charge in [-0.25, -0.2) is 9.97 Å². The van der Waals surface area contributed by atoms with Crippen LogP contribution in [0.1, 0.15) is 41.1 Å². The summed E-state index contributed by atoms with van der Waals surface area (Å²) in [6.07, 6.45) is 4.44. The fourth-order valence-corrected chi connectivity index (χ4v) is 3.37. The predicted octanol–water partition coefficient (Wildman–Crippen LogP) is 3.36. The molecule has 0 N–H and O–H groups in total. The van der Waals surface area contributed by atoms with Gasteiger partial charge in [-0.05, 0) is 49.3 Å². The van der Waals surface area contributed by atoms with E-state index in [0.29, 0.717) is 6.04 Å². The molecule has 2 bridgehead atoms. The lowest BCUT2D eigenvalue weighted by atomic mass is 9.76. The molecule has 0 amide bonds. The molecule has 0 radical (unpaired) electrons. The molecule has 1 aromatic carbocycles. The van der Waals surface area contributed by atoms with Crippen LogP contribution in [0.3, 0.4) is 0 Å². The third kappa shape index (κ3) is 1.73. The molecule has 3 heterocycles. The Hall–Kier alpha value is -1.90. The number of benzene rings is 1. The molecule has 1 aromatic heterocycles. The van der Waals surface area contributed by atoms with E-state index in [4.69, 9.17) is 4.98 Å². The highest BCUT2D eigenvalue weighted by Gasteiger charge is 2.39. The van der Waals surface area contributed by atoms with E-state index in [1.54, 1.807) is 0 Å². The average Bonchev–Trinajstić information content (AvgIpc) is 2.66. The molecule has 1 fully saturated rings. The van der Waals surface area contributed by atoms with Crippen molar-refractivity contribution in [2.45, 2.75) is 45.2 Å². The monoisotopic (exact) mass is 265 g/mol. The van der Waals surface area contributed by atoms with Crippen LogP contribution in [0, 0.1) is 13.8 Å². The molecule has 20 heavy (non-hydrogen) atoms. The summed E-state index contributed by atoms with van der Waals surface area (Å²) in [5.74, 6) is 1.64. The highest BCUT2D eigenvalue weighted by atomic mass is 15.3. The standard InChI is InChI=1S/C17H19N3/c1-11-9-18-17(19-12(11)2)20-10-13-5-3-4-6-16(13)14-7-15(20)8-14/h3-6,9,14-15H,7-8,10H2,1-2H3. The lowest BCUT2D eigenvalue weighted by Gasteiger charge is -2.39. The van der Waals surface area contributed by atoms with Gasteiger partial charge in [0.15, 0.2) is 0 Å². The van der Waals surface area contributed by atoms with Crippen LogP contribution in [-0.4, -0.2) is 16.0 Å². The van der Waals surface area contributed by atoms with Gasteiger partial charge in [-0.3, -0.25) is 0 Å². The van der Waals surface area contributed by atoms with E-state index in [-0.39, 0.29) is 0 Å². The molecule has 0 unspecified atom stereocenters. The summed E-state index contributed by atoms with van der Waals surface area (Å²) in [6, 6.07) is 9.45. The highest BCUT2D eigenvalue weighted by molar-refractivity contribution is 5.44. The van der Waals surface area contributed by atoms with E-state index >= 15 is 0 Å². The first-order chi connectivity index (χ1) is 9.72. The number of rotatable bonds is 1. The number of hydrogen-bond donors (Lipinski definition) is 0. The molecule has 2 aliphatic heterocycles. The number of fused-ring (bicyclic) bond motifs is 1. The first kappa shape index (κ1) is 11.9. The first-order valence-electron chi connectivity index (χ1n) is 7.37. The topological polar surface area (TPSA) is 29.0 Å². The zero-order chi connectivity index (χ0) is 13.7. The van der Waals surface area contributed by atoms with Crippen LogP contribution in [-0.2, 0) is 6.54 Å². The smallest absolute Gasteiger partial charge is 0.226 e. The second-order valence-corrected chi connectivity index (χ2v) is 6.09. The normalized spacial score (nSPS) is 23.8. The summed E-state index contributed by atoms with van der Waals surface area (Å²) in [4.78, 5) is 11.7. The molecule has 3 aliphatic rings. The molecule has 0 spiro atoms. The molecule has 3 heteroatoms. The van der Waals surface area contributed by atoms with Gasteiger partial charge in [0.2, 0.25) is 5.95 Å². The van der Waals surface area contributed by atoms with E-state index in [1.165, 1.54) is 24.0 Å². The van der Waals surface area contributed by atoms with Crippen molar-refractivity contribution in [1.29, 1.82) is 0 Å². The number of anilines is 1. The van der Waals surface area contributed by atoms with Crippen LogP contribution < -0.4 is 4.90 Å². The van der Waals surface area contributed by atoms with Crippen molar-refractivity contribution < 1.29 is 0 Å². The van der Waals surface area contributed by atoms with Crippen LogP contribution in [0.15, 0.2) is 30.5 Å². The van der Waals surface area contributed by atoms with Crippen molar-refractivity contribution in [1.82, 2.24) is 9.97 Å². The van der Waals surface area contributed by atoms with Crippen molar-refractivity contribution >= 4 is 5.95 Å². The molecular weight excluding hydrogens is 246 g/mol. The molecule has 3 nitrogen and oxygen atoms in total. The Kier molecular flexibility index (Phi) is 2.56. The number of hydrogen-bond acceptors (Lipinski definition) is 3. The van der Waals surface area contributed by atoms with Crippen molar-refractivity contribution in [3.8, 4) is 0 Å². The molecule has 2 aromatic rings. The van der Waals surface area contributed by atoms with Gasteiger partial charge >= 0.3 is 0 Å². The fraction of sp³-hybridized carbons (Fsp3) is 0.412. The Morgan fingerprint density at radius 3 is 2.75 bits per heavy atom. The number of aryl methyl sites for hydroxylation is 2. The van der Waals surface area contributed by atoms with Gasteiger partial charge < -0.3 is 4.90 Å². The van der Waals surface area contributed by atoms with Gasteiger partial charge in [-0.2, -0.15) is 0 Å². The van der Waals surface area contributed by atoms with Crippen molar-refractivity contribution in [2.24, 2.45) is 0 Å². The van der Waals surface area contributed by atoms with E-state index < -0.39 is 0 Å². The van der Waals surface area contributed by atoms with Gasteiger partial charge in [0, 0.05) is 24.5 Å². The van der Waals surface area contributed by atoms with Crippen molar-refractivity contribution in [3.05, 3.63) is 52.8 Å². The molecule has 5 rings (SSSR count). The maximum Gasteiger partial charge on any atom is 0.226 e. The molecule has 0 saturated heterocycles. The second kappa shape index (κ2) is 4.30. The summed E-state index contributed by atoms with van der Waals surface area (Å²) >= 11 is 0. The molecule has 102 valence electrons. The second-order valence-electron chi connectivity index (χ2n) is 6.09. The summed E-state index contributed by atoms with van der Waals surface area (Å²) < 4.78 is 0. The van der Waals surface area contributed by atoms with Crippen molar-refractivity contribution in [2.75, 3.05) is 4.90 Å². The lowest BCUT2D eigenvalue weighted by molar-refractivity contribution is 0.339. The van der Waals surface area contributed by atoms with Crippen LogP contribution in [0.5, 0.6) is 0 Å². The Bertz CT molecular complexity index is 659. The van der Waals surface area contributed by atoms with Crippen LogP contribution in [0.25, 0.3) is 0 Å². The summed E-state index contributed by atoms with van der Waals surface area (Å²) in [5, 5.41) is 0. The molecular formula is C17H19N3. The molecule has 1 saturated carbocycles. The minimum Gasteiger partial charge on any atom is -0.333 e. The largest absolute Gasteiger partial charge is 0.333 e. The van der Waals surface area contributed by atoms with Gasteiger partial charge in [0.1, 0.15) is 0 Å². The molecule has 0 atom stereocenters. The Morgan fingerprint density at radius 2 is 1.95 bits per heavy atom. The van der Waals surface area contributed by atoms with Gasteiger partial charge in [0.25, 0.3) is 0 Å². The Morgan fingerprint density at radius 1 is 1.15 bits per heavy atom. The Balaban J connectivity index is 1.74. The first-order valence-corrected chi connectivity index (χ1v) is 7.37. The third-order valence-corrected chi connectivity index (χ3v) is 4.86.